The average Bonchev–Trinajstić information content (AvgIpc) is 2.17. The quantitative estimate of drug-likeness (QED) is 0.774. The zero-order valence-electron chi connectivity index (χ0n) is 8.96. The van der Waals surface area contributed by atoms with Gasteiger partial charge in [-0.1, -0.05) is 6.07 Å². The van der Waals surface area contributed by atoms with Crippen LogP contribution in [-0.2, 0) is 6.54 Å². The highest BCUT2D eigenvalue weighted by Crippen LogP contribution is 2.17. The van der Waals surface area contributed by atoms with Crippen molar-refractivity contribution in [1.29, 1.82) is 0 Å². The monoisotopic (exact) mass is 213 g/mol. The maximum Gasteiger partial charge on any atom is 0.165 e. The van der Waals surface area contributed by atoms with Gasteiger partial charge in [0, 0.05) is 13.1 Å². The van der Waals surface area contributed by atoms with Gasteiger partial charge in [0.1, 0.15) is 0 Å². The number of hydrogen-bond donors (Lipinski definition) is 2. The zero-order valence-corrected chi connectivity index (χ0v) is 8.96. The molecule has 0 heterocycles. The molecule has 0 spiro atoms. The fourth-order valence-electron chi connectivity index (χ4n) is 1.25. The van der Waals surface area contributed by atoms with Crippen molar-refractivity contribution >= 4 is 0 Å². The molecule has 0 saturated heterocycles. The first kappa shape index (κ1) is 11.9. The number of hydrogen-bond acceptors (Lipinski definition) is 3. The molecular formula is C11H16FNO2. The normalized spacial score (nSPS) is 12.5. The number of nitrogens with one attached hydrogen (secondary N) is 1. The Balaban J connectivity index is 2.52. The Morgan fingerprint density at radius 3 is 2.80 bits per heavy atom. The van der Waals surface area contributed by atoms with E-state index in [4.69, 9.17) is 9.84 Å². The van der Waals surface area contributed by atoms with E-state index >= 15 is 0 Å². The van der Waals surface area contributed by atoms with Crippen LogP contribution in [0.15, 0.2) is 18.2 Å². The van der Waals surface area contributed by atoms with Crippen LogP contribution in [0.3, 0.4) is 0 Å². The van der Waals surface area contributed by atoms with Crippen LogP contribution in [0.2, 0.25) is 0 Å². The summed E-state index contributed by atoms with van der Waals surface area (Å²) in [6, 6.07) is 4.81. The second-order valence-electron chi connectivity index (χ2n) is 3.45. The van der Waals surface area contributed by atoms with E-state index < -0.39 is 6.10 Å². The summed E-state index contributed by atoms with van der Waals surface area (Å²) in [6.07, 6.45) is -0.395. The lowest BCUT2D eigenvalue weighted by atomic mass is 10.2. The molecule has 0 amide bonds. The van der Waals surface area contributed by atoms with Crippen LogP contribution in [0.5, 0.6) is 5.75 Å². The third-order valence-corrected chi connectivity index (χ3v) is 1.99. The molecule has 2 N–H and O–H groups in total. The van der Waals surface area contributed by atoms with Crippen molar-refractivity contribution in [2.75, 3.05) is 13.7 Å². The van der Waals surface area contributed by atoms with Gasteiger partial charge in [-0.05, 0) is 24.6 Å². The molecule has 1 aromatic rings. The molecule has 0 fully saturated rings. The lowest BCUT2D eigenvalue weighted by Crippen LogP contribution is -2.23. The third-order valence-electron chi connectivity index (χ3n) is 1.99. The molecule has 0 aliphatic heterocycles. The van der Waals surface area contributed by atoms with E-state index in [1.165, 1.54) is 13.2 Å². The van der Waals surface area contributed by atoms with Crippen molar-refractivity contribution in [2.45, 2.75) is 19.6 Å². The molecule has 1 unspecified atom stereocenters. The molecule has 0 aliphatic carbocycles. The lowest BCUT2D eigenvalue weighted by molar-refractivity contribution is 0.191. The van der Waals surface area contributed by atoms with Crippen molar-refractivity contribution in [3.63, 3.8) is 0 Å². The van der Waals surface area contributed by atoms with E-state index in [0.29, 0.717) is 13.1 Å². The molecule has 3 nitrogen and oxygen atoms in total. The number of halogens is 1. The minimum atomic E-state index is -0.395. The van der Waals surface area contributed by atoms with Crippen LogP contribution in [0.25, 0.3) is 0 Å². The van der Waals surface area contributed by atoms with Crippen LogP contribution >= 0.6 is 0 Å². The second-order valence-corrected chi connectivity index (χ2v) is 3.45. The van der Waals surface area contributed by atoms with Crippen molar-refractivity contribution in [3.05, 3.63) is 29.6 Å². The third kappa shape index (κ3) is 3.85. The smallest absolute Gasteiger partial charge is 0.165 e. The molecule has 1 rings (SSSR count). The summed E-state index contributed by atoms with van der Waals surface area (Å²) in [7, 11) is 1.43. The predicted octanol–water partition coefficient (Wildman–Crippen LogP) is 1.30. The van der Waals surface area contributed by atoms with Crippen LogP contribution in [0.1, 0.15) is 12.5 Å². The minimum absolute atomic E-state index is 0.245. The van der Waals surface area contributed by atoms with E-state index in [1.807, 2.05) is 0 Å². The van der Waals surface area contributed by atoms with Crippen molar-refractivity contribution < 1.29 is 14.2 Å². The van der Waals surface area contributed by atoms with Crippen molar-refractivity contribution in [3.8, 4) is 5.75 Å². The highest BCUT2D eigenvalue weighted by molar-refractivity contribution is 5.29. The van der Waals surface area contributed by atoms with Gasteiger partial charge in [-0.2, -0.15) is 0 Å². The second kappa shape index (κ2) is 5.68. The van der Waals surface area contributed by atoms with E-state index in [1.54, 1.807) is 19.1 Å². The Morgan fingerprint density at radius 1 is 1.53 bits per heavy atom. The molecule has 0 bridgehead atoms. The van der Waals surface area contributed by atoms with Gasteiger partial charge in [0.2, 0.25) is 0 Å². The Hall–Kier alpha value is -1.13. The molecule has 84 valence electrons. The molecule has 0 saturated carbocycles. The Kier molecular flexibility index (Phi) is 4.52. The van der Waals surface area contributed by atoms with Crippen molar-refractivity contribution in [1.82, 2.24) is 5.32 Å². The van der Waals surface area contributed by atoms with Crippen molar-refractivity contribution in [2.24, 2.45) is 0 Å². The lowest BCUT2D eigenvalue weighted by Gasteiger charge is -2.08. The summed E-state index contributed by atoms with van der Waals surface area (Å²) in [5.41, 5.74) is 0.828. The summed E-state index contributed by atoms with van der Waals surface area (Å²) in [6.45, 7) is 2.72. The van der Waals surface area contributed by atoms with Gasteiger partial charge >= 0.3 is 0 Å². The number of aliphatic hydroxyl groups is 1. The first-order chi connectivity index (χ1) is 7.13. The highest BCUT2D eigenvalue weighted by Gasteiger charge is 2.03. The summed E-state index contributed by atoms with van der Waals surface area (Å²) in [5.74, 6) is -0.122. The summed E-state index contributed by atoms with van der Waals surface area (Å²) in [4.78, 5) is 0. The summed E-state index contributed by atoms with van der Waals surface area (Å²) >= 11 is 0. The van der Waals surface area contributed by atoms with E-state index in [9.17, 15) is 4.39 Å². The SMILES string of the molecule is COc1ccc(CNCC(C)O)cc1F. The fourth-order valence-corrected chi connectivity index (χ4v) is 1.25. The van der Waals surface area contributed by atoms with E-state index in [-0.39, 0.29) is 11.6 Å². The fraction of sp³-hybridized carbons (Fsp3) is 0.455. The average molecular weight is 213 g/mol. The molecule has 1 aromatic carbocycles. The first-order valence-electron chi connectivity index (χ1n) is 4.84. The van der Waals surface area contributed by atoms with Crippen LogP contribution < -0.4 is 10.1 Å². The number of rotatable bonds is 5. The predicted molar refractivity (Wildman–Crippen MR) is 56.3 cm³/mol. The molecule has 1 atom stereocenters. The molecule has 0 aromatic heterocycles. The zero-order chi connectivity index (χ0) is 11.3. The Bertz CT molecular complexity index is 315. The number of methoxy groups -OCH3 is 1. The van der Waals surface area contributed by atoms with Gasteiger partial charge in [-0.25, -0.2) is 4.39 Å². The molecule has 0 aliphatic rings. The number of benzene rings is 1. The van der Waals surface area contributed by atoms with E-state index in [0.717, 1.165) is 5.56 Å². The number of aliphatic hydroxyl groups excluding tert-OH is 1. The summed E-state index contributed by atoms with van der Waals surface area (Å²) < 4.78 is 18.0. The molecule has 0 radical (unpaired) electrons. The first-order valence-corrected chi connectivity index (χ1v) is 4.84. The van der Waals surface area contributed by atoms with Gasteiger partial charge in [-0.15, -0.1) is 0 Å². The Morgan fingerprint density at radius 2 is 2.27 bits per heavy atom. The summed E-state index contributed by atoms with van der Waals surface area (Å²) in [5, 5.41) is 12.0. The molecule has 4 heteroatoms. The van der Waals surface area contributed by atoms with Crippen LogP contribution in [-0.4, -0.2) is 24.9 Å². The van der Waals surface area contributed by atoms with Crippen LogP contribution in [0, 0.1) is 5.82 Å². The van der Waals surface area contributed by atoms with Gasteiger partial charge in [-0.3, -0.25) is 0 Å². The standard InChI is InChI=1S/C11H16FNO2/c1-8(14)6-13-7-9-3-4-11(15-2)10(12)5-9/h3-5,8,13-14H,6-7H2,1-2H3. The highest BCUT2D eigenvalue weighted by atomic mass is 19.1. The maximum atomic E-state index is 13.2. The van der Waals surface area contributed by atoms with Gasteiger partial charge in [0.15, 0.2) is 11.6 Å². The Labute approximate surface area is 88.9 Å². The molecular weight excluding hydrogens is 197 g/mol. The van der Waals surface area contributed by atoms with E-state index in [2.05, 4.69) is 5.32 Å². The largest absolute Gasteiger partial charge is 0.494 e. The molecule has 15 heavy (non-hydrogen) atoms. The maximum absolute atomic E-state index is 13.2. The van der Waals surface area contributed by atoms with Gasteiger partial charge < -0.3 is 15.2 Å². The van der Waals surface area contributed by atoms with Crippen LogP contribution in [0.4, 0.5) is 4.39 Å². The number of ether oxygens (including phenoxy) is 1. The van der Waals surface area contributed by atoms with Gasteiger partial charge in [0.05, 0.1) is 13.2 Å². The van der Waals surface area contributed by atoms with Gasteiger partial charge in [0.25, 0.3) is 0 Å². The topological polar surface area (TPSA) is 41.5 Å². The minimum Gasteiger partial charge on any atom is -0.494 e.